The SMILES string of the molecule is CCOCCCN1CCC(NC(=O)CC2CCCN2)C(C)C1.Cl.Cl. The Bertz CT molecular complexity index is 342. The average Bonchev–Trinajstić information content (AvgIpc) is 2.99. The molecule has 2 heterocycles. The first-order valence-electron chi connectivity index (χ1n) is 9.02. The fraction of sp³-hybridized carbons (Fsp3) is 0.941. The van der Waals surface area contributed by atoms with Crippen molar-refractivity contribution in [1.29, 1.82) is 0 Å². The van der Waals surface area contributed by atoms with Gasteiger partial charge in [0.25, 0.3) is 0 Å². The highest BCUT2D eigenvalue weighted by atomic mass is 35.5. The van der Waals surface area contributed by atoms with Crippen LogP contribution in [-0.2, 0) is 9.53 Å². The molecule has 3 unspecified atom stereocenters. The third-order valence-corrected chi connectivity index (χ3v) is 4.90. The third kappa shape index (κ3) is 8.34. The summed E-state index contributed by atoms with van der Waals surface area (Å²) in [6, 6.07) is 0.742. The molecular weight excluding hydrogens is 349 g/mol. The first-order chi connectivity index (χ1) is 10.7. The second kappa shape index (κ2) is 13.2. The van der Waals surface area contributed by atoms with Crippen LogP contribution in [0.3, 0.4) is 0 Å². The lowest BCUT2D eigenvalue weighted by Gasteiger charge is -2.37. The Morgan fingerprint density at radius 2 is 2.12 bits per heavy atom. The van der Waals surface area contributed by atoms with Crippen molar-refractivity contribution < 1.29 is 9.53 Å². The molecule has 0 aromatic heterocycles. The smallest absolute Gasteiger partial charge is 0.221 e. The lowest BCUT2D eigenvalue weighted by molar-refractivity contribution is -0.123. The number of carbonyl (C=O) groups excluding carboxylic acids is 1. The maximum atomic E-state index is 12.2. The van der Waals surface area contributed by atoms with Gasteiger partial charge in [0.15, 0.2) is 0 Å². The van der Waals surface area contributed by atoms with Crippen LogP contribution in [0.5, 0.6) is 0 Å². The Kier molecular flexibility index (Phi) is 13.1. The number of ether oxygens (including phenoxy) is 1. The predicted octanol–water partition coefficient (Wildman–Crippen LogP) is 2.23. The van der Waals surface area contributed by atoms with Gasteiger partial charge in [-0.1, -0.05) is 6.92 Å². The summed E-state index contributed by atoms with van der Waals surface area (Å²) in [5.74, 6) is 0.752. The van der Waals surface area contributed by atoms with Gasteiger partial charge in [0.05, 0.1) is 0 Å². The molecule has 2 aliphatic heterocycles. The molecule has 7 heteroatoms. The number of amides is 1. The van der Waals surface area contributed by atoms with Crippen molar-refractivity contribution >= 4 is 30.7 Å². The van der Waals surface area contributed by atoms with Crippen molar-refractivity contribution in [2.75, 3.05) is 39.4 Å². The monoisotopic (exact) mass is 383 g/mol. The van der Waals surface area contributed by atoms with Crippen LogP contribution in [0.2, 0.25) is 0 Å². The molecule has 0 aromatic rings. The van der Waals surface area contributed by atoms with E-state index in [0.29, 0.717) is 24.4 Å². The normalized spacial score (nSPS) is 27.2. The van der Waals surface area contributed by atoms with Crippen LogP contribution in [0.15, 0.2) is 0 Å². The molecule has 24 heavy (non-hydrogen) atoms. The second-order valence-corrected chi connectivity index (χ2v) is 6.79. The molecule has 3 atom stereocenters. The van der Waals surface area contributed by atoms with Gasteiger partial charge < -0.3 is 20.3 Å². The van der Waals surface area contributed by atoms with E-state index in [-0.39, 0.29) is 30.7 Å². The summed E-state index contributed by atoms with van der Waals surface area (Å²) in [6.45, 7) is 10.3. The number of nitrogens with one attached hydrogen (secondary N) is 2. The topological polar surface area (TPSA) is 53.6 Å². The van der Waals surface area contributed by atoms with Crippen molar-refractivity contribution in [3.8, 4) is 0 Å². The zero-order valence-corrected chi connectivity index (χ0v) is 16.7. The number of piperidine rings is 1. The molecule has 0 aromatic carbocycles. The molecule has 2 rings (SSSR count). The standard InChI is InChI=1S/C17H33N3O2.2ClH/c1-3-22-11-5-9-20-10-7-16(14(2)13-20)19-17(21)12-15-6-4-8-18-15;;/h14-16,18H,3-13H2,1-2H3,(H,19,21);2*1H. The summed E-state index contributed by atoms with van der Waals surface area (Å²) in [5, 5.41) is 6.66. The number of halogens is 2. The molecule has 5 nitrogen and oxygen atoms in total. The van der Waals surface area contributed by atoms with Gasteiger partial charge in [-0.3, -0.25) is 4.79 Å². The van der Waals surface area contributed by atoms with Crippen LogP contribution in [0, 0.1) is 5.92 Å². The summed E-state index contributed by atoms with van der Waals surface area (Å²) < 4.78 is 5.40. The fourth-order valence-corrected chi connectivity index (χ4v) is 3.60. The van der Waals surface area contributed by atoms with Crippen LogP contribution in [0.4, 0.5) is 0 Å². The highest BCUT2D eigenvalue weighted by Crippen LogP contribution is 2.18. The van der Waals surface area contributed by atoms with Crippen molar-refractivity contribution in [2.45, 2.75) is 58.0 Å². The number of rotatable bonds is 8. The van der Waals surface area contributed by atoms with E-state index in [2.05, 4.69) is 22.5 Å². The zero-order chi connectivity index (χ0) is 15.8. The first-order valence-corrected chi connectivity index (χ1v) is 9.02. The maximum Gasteiger partial charge on any atom is 0.221 e. The number of likely N-dealkylation sites (tertiary alicyclic amines) is 1. The highest BCUT2D eigenvalue weighted by molar-refractivity contribution is 5.85. The lowest BCUT2D eigenvalue weighted by Crippen LogP contribution is -2.50. The van der Waals surface area contributed by atoms with Gasteiger partial charge in [-0.2, -0.15) is 0 Å². The van der Waals surface area contributed by atoms with Gasteiger partial charge in [-0.15, -0.1) is 24.8 Å². The van der Waals surface area contributed by atoms with E-state index in [0.717, 1.165) is 58.7 Å². The predicted molar refractivity (Wildman–Crippen MR) is 103 cm³/mol. The van der Waals surface area contributed by atoms with E-state index in [9.17, 15) is 4.79 Å². The van der Waals surface area contributed by atoms with E-state index in [1.54, 1.807) is 0 Å². The number of nitrogens with zero attached hydrogens (tertiary/aromatic N) is 1. The van der Waals surface area contributed by atoms with E-state index < -0.39 is 0 Å². The van der Waals surface area contributed by atoms with Crippen molar-refractivity contribution in [1.82, 2.24) is 15.5 Å². The second-order valence-electron chi connectivity index (χ2n) is 6.79. The quantitative estimate of drug-likeness (QED) is 0.631. The van der Waals surface area contributed by atoms with E-state index in [1.165, 1.54) is 6.42 Å². The van der Waals surface area contributed by atoms with Gasteiger partial charge >= 0.3 is 0 Å². The van der Waals surface area contributed by atoms with Gasteiger partial charge in [0, 0.05) is 51.4 Å². The fourth-order valence-electron chi connectivity index (χ4n) is 3.60. The molecule has 2 aliphatic rings. The molecule has 0 radical (unpaired) electrons. The minimum atomic E-state index is 0. The molecule has 2 saturated heterocycles. The summed E-state index contributed by atoms with van der Waals surface area (Å²) >= 11 is 0. The van der Waals surface area contributed by atoms with Crippen LogP contribution in [0.25, 0.3) is 0 Å². The van der Waals surface area contributed by atoms with Gasteiger partial charge in [-0.05, 0) is 45.1 Å². The molecule has 0 saturated carbocycles. The summed E-state index contributed by atoms with van der Waals surface area (Å²) in [5.41, 5.74) is 0. The van der Waals surface area contributed by atoms with Crippen LogP contribution in [0.1, 0.15) is 46.0 Å². The Hall–Kier alpha value is -0.0700. The highest BCUT2D eigenvalue weighted by Gasteiger charge is 2.27. The number of hydrogen-bond donors (Lipinski definition) is 2. The summed E-state index contributed by atoms with van der Waals surface area (Å²) in [7, 11) is 0. The molecule has 0 spiro atoms. The molecule has 144 valence electrons. The summed E-state index contributed by atoms with van der Waals surface area (Å²) in [4.78, 5) is 14.7. The van der Waals surface area contributed by atoms with Crippen molar-refractivity contribution in [2.24, 2.45) is 5.92 Å². The largest absolute Gasteiger partial charge is 0.382 e. The van der Waals surface area contributed by atoms with E-state index in [4.69, 9.17) is 4.74 Å². The van der Waals surface area contributed by atoms with Gasteiger partial charge in [-0.25, -0.2) is 0 Å². The Morgan fingerprint density at radius 3 is 2.75 bits per heavy atom. The van der Waals surface area contributed by atoms with Crippen molar-refractivity contribution in [3.05, 3.63) is 0 Å². The van der Waals surface area contributed by atoms with Crippen LogP contribution >= 0.6 is 24.8 Å². The minimum absolute atomic E-state index is 0. The van der Waals surface area contributed by atoms with Crippen molar-refractivity contribution in [3.63, 3.8) is 0 Å². The Morgan fingerprint density at radius 1 is 1.33 bits per heavy atom. The van der Waals surface area contributed by atoms with E-state index >= 15 is 0 Å². The van der Waals surface area contributed by atoms with Crippen LogP contribution in [-0.4, -0.2) is 62.3 Å². The molecule has 1 amide bonds. The van der Waals surface area contributed by atoms with E-state index in [1.807, 2.05) is 6.92 Å². The minimum Gasteiger partial charge on any atom is -0.382 e. The third-order valence-electron chi connectivity index (χ3n) is 4.90. The Balaban J connectivity index is 0.00000264. The zero-order valence-electron chi connectivity index (χ0n) is 15.1. The van der Waals surface area contributed by atoms with Gasteiger partial charge in [0.2, 0.25) is 5.91 Å². The van der Waals surface area contributed by atoms with Gasteiger partial charge in [0.1, 0.15) is 0 Å². The molecule has 0 aliphatic carbocycles. The average molecular weight is 384 g/mol. The molecule has 0 bridgehead atoms. The molecular formula is C17H35Cl2N3O2. The Labute approximate surface area is 159 Å². The van der Waals surface area contributed by atoms with Crippen LogP contribution < -0.4 is 10.6 Å². The summed E-state index contributed by atoms with van der Waals surface area (Å²) in [6.07, 6.45) is 5.15. The number of carbonyl (C=O) groups is 1. The maximum absolute atomic E-state index is 12.2. The lowest BCUT2D eigenvalue weighted by atomic mass is 9.93. The first kappa shape index (κ1) is 23.9. The molecule has 2 N–H and O–H groups in total. The number of hydrogen-bond acceptors (Lipinski definition) is 4. The molecule has 2 fully saturated rings.